The molecule has 2 rings (SSSR count). The van der Waals surface area contributed by atoms with Crippen LogP contribution in [0, 0.1) is 5.92 Å². The van der Waals surface area contributed by atoms with Gasteiger partial charge < -0.3 is 15.7 Å². The number of nitrogens with zero attached hydrogens (tertiary/aromatic N) is 4. The number of nitrogens with two attached hydrogens (primary N) is 1. The lowest BCUT2D eigenvalue weighted by atomic mass is 10.1. The zero-order valence-corrected chi connectivity index (χ0v) is 10.0. The van der Waals surface area contributed by atoms with Gasteiger partial charge in [0.25, 0.3) is 0 Å². The van der Waals surface area contributed by atoms with Crippen LogP contribution in [0.5, 0.6) is 0 Å². The van der Waals surface area contributed by atoms with Crippen LogP contribution in [-0.4, -0.2) is 55.9 Å². The molecule has 1 aliphatic rings. The number of aromatic carboxylic acids is 1. The molecule has 1 fully saturated rings. The summed E-state index contributed by atoms with van der Waals surface area (Å²) in [5.41, 5.74) is 4.96. The van der Waals surface area contributed by atoms with Gasteiger partial charge >= 0.3 is 5.97 Å². The Morgan fingerprint density at radius 1 is 1.47 bits per heavy atom. The Bertz CT molecular complexity index is 526. The van der Waals surface area contributed by atoms with Gasteiger partial charge in [0, 0.05) is 13.1 Å². The van der Waals surface area contributed by atoms with Gasteiger partial charge in [-0.2, -0.15) is 0 Å². The van der Waals surface area contributed by atoms with Crippen molar-refractivity contribution in [2.75, 3.05) is 13.1 Å². The van der Waals surface area contributed by atoms with Crippen LogP contribution >= 0.6 is 0 Å². The average molecular weight is 267 g/mol. The molecule has 9 nitrogen and oxygen atoms in total. The van der Waals surface area contributed by atoms with Crippen LogP contribution in [0.1, 0.15) is 16.9 Å². The van der Waals surface area contributed by atoms with Crippen LogP contribution in [0.2, 0.25) is 0 Å². The zero-order chi connectivity index (χ0) is 14.0. The molecule has 2 amide bonds. The van der Waals surface area contributed by atoms with Crippen molar-refractivity contribution >= 4 is 17.8 Å². The molecule has 1 aromatic heterocycles. The van der Waals surface area contributed by atoms with E-state index in [0.717, 1.165) is 4.68 Å². The maximum Gasteiger partial charge on any atom is 0.358 e. The van der Waals surface area contributed by atoms with Crippen LogP contribution in [0.15, 0.2) is 6.20 Å². The first kappa shape index (κ1) is 13.0. The molecule has 1 aromatic rings. The monoisotopic (exact) mass is 267 g/mol. The van der Waals surface area contributed by atoms with Gasteiger partial charge in [-0.05, 0) is 6.42 Å². The van der Waals surface area contributed by atoms with Crippen molar-refractivity contribution in [3.8, 4) is 0 Å². The molecule has 1 atom stereocenters. The fraction of sp³-hybridized carbons (Fsp3) is 0.500. The molecule has 19 heavy (non-hydrogen) atoms. The molecular weight excluding hydrogens is 254 g/mol. The highest BCUT2D eigenvalue weighted by molar-refractivity contribution is 5.85. The number of hydrogen-bond donors (Lipinski definition) is 2. The molecular formula is C10H13N5O4. The van der Waals surface area contributed by atoms with E-state index in [2.05, 4.69) is 10.3 Å². The molecule has 2 heterocycles. The average Bonchev–Trinajstić information content (AvgIpc) is 2.96. The van der Waals surface area contributed by atoms with Gasteiger partial charge in [-0.1, -0.05) is 5.21 Å². The Labute approximate surface area is 108 Å². The number of carbonyl (C=O) groups is 3. The molecule has 1 saturated heterocycles. The third kappa shape index (κ3) is 2.87. The van der Waals surface area contributed by atoms with E-state index in [0.29, 0.717) is 19.5 Å². The number of carbonyl (C=O) groups excluding carboxylic acids is 2. The Morgan fingerprint density at radius 2 is 2.21 bits per heavy atom. The Morgan fingerprint density at radius 3 is 2.74 bits per heavy atom. The Balaban J connectivity index is 1.94. The molecule has 0 spiro atoms. The maximum absolute atomic E-state index is 11.9. The van der Waals surface area contributed by atoms with E-state index in [1.807, 2.05) is 0 Å². The zero-order valence-electron chi connectivity index (χ0n) is 10.0. The quantitative estimate of drug-likeness (QED) is 0.669. The Hall–Kier alpha value is -2.45. The van der Waals surface area contributed by atoms with Crippen molar-refractivity contribution in [2.45, 2.75) is 13.0 Å². The van der Waals surface area contributed by atoms with Gasteiger partial charge in [-0.3, -0.25) is 9.59 Å². The largest absolute Gasteiger partial charge is 0.476 e. The van der Waals surface area contributed by atoms with Crippen molar-refractivity contribution in [3.63, 3.8) is 0 Å². The van der Waals surface area contributed by atoms with E-state index < -0.39 is 11.9 Å². The highest BCUT2D eigenvalue weighted by Crippen LogP contribution is 2.15. The molecule has 9 heteroatoms. The summed E-state index contributed by atoms with van der Waals surface area (Å²) in [6.07, 6.45) is 1.74. The minimum Gasteiger partial charge on any atom is -0.476 e. The third-order valence-electron chi connectivity index (χ3n) is 3.00. The second-order valence-corrected chi connectivity index (χ2v) is 4.33. The second kappa shape index (κ2) is 5.04. The van der Waals surface area contributed by atoms with E-state index in [-0.39, 0.29) is 24.1 Å². The van der Waals surface area contributed by atoms with Crippen molar-refractivity contribution in [1.29, 1.82) is 0 Å². The van der Waals surface area contributed by atoms with Crippen molar-refractivity contribution < 1.29 is 19.5 Å². The number of rotatable bonds is 4. The van der Waals surface area contributed by atoms with Gasteiger partial charge in [-0.15, -0.1) is 5.10 Å². The SMILES string of the molecule is NC(=O)C1CCN(C(=O)Cn2cc(C(=O)O)nn2)C1. The van der Waals surface area contributed by atoms with Gasteiger partial charge in [0.15, 0.2) is 5.69 Å². The first-order chi connectivity index (χ1) is 8.97. The predicted octanol–water partition coefficient (Wildman–Crippen LogP) is -1.69. The van der Waals surface area contributed by atoms with E-state index in [9.17, 15) is 14.4 Å². The minimum atomic E-state index is -1.20. The third-order valence-corrected chi connectivity index (χ3v) is 3.00. The summed E-state index contributed by atoms with van der Waals surface area (Å²) in [6.45, 7) is 0.660. The first-order valence-electron chi connectivity index (χ1n) is 5.68. The number of likely N-dealkylation sites (tertiary alicyclic amines) is 1. The summed E-state index contributed by atoms with van der Waals surface area (Å²) in [5, 5.41) is 15.6. The summed E-state index contributed by atoms with van der Waals surface area (Å²) >= 11 is 0. The fourth-order valence-corrected chi connectivity index (χ4v) is 1.93. The van der Waals surface area contributed by atoms with Gasteiger partial charge in [0.1, 0.15) is 6.54 Å². The normalized spacial score (nSPS) is 18.5. The highest BCUT2D eigenvalue weighted by atomic mass is 16.4. The van der Waals surface area contributed by atoms with E-state index in [4.69, 9.17) is 10.8 Å². The van der Waals surface area contributed by atoms with E-state index >= 15 is 0 Å². The van der Waals surface area contributed by atoms with E-state index in [1.165, 1.54) is 11.1 Å². The van der Waals surface area contributed by atoms with Crippen LogP contribution in [0.4, 0.5) is 0 Å². The van der Waals surface area contributed by atoms with Crippen molar-refractivity contribution in [1.82, 2.24) is 19.9 Å². The summed E-state index contributed by atoms with van der Waals surface area (Å²) in [5.74, 6) is -2.17. The molecule has 1 aliphatic heterocycles. The number of carboxylic acid groups (broad SMARTS) is 1. The number of primary amides is 1. The highest BCUT2D eigenvalue weighted by Gasteiger charge is 2.29. The summed E-state index contributed by atoms with van der Waals surface area (Å²) in [6, 6.07) is 0. The van der Waals surface area contributed by atoms with Crippen LogP contribution in [-0.2, 0) is 16.1 Å². The van der Waals surface area contributed by atoms with Gasteiger partial charge in [-0.25, -0.2) is 9.48 Å². The number of carboxylic acids is 1. The number of hydrogen-bond acceptors (Lipinski definition) is 5. The Kier molecular flexibility index (Phi) is 3.45. The molecule has 0 saturated carbocycles. The number of amides is 2. The topological polar surface area (TPSA) is 131 Å². The van der Waals surface area contributed by atoms with Crippen LogP contribution in [0.25, 0.3) is 0 Å². The predicted molar refractivity (Wildman–Crippen MR) is 60.9 cm³/mol. The lowest BCUT2D eigenvalue weighted by Crippen LogP contribution is -2.34. The summed E-state index contributed by atoms with van der Waals surface area (Å²) in [7, 11) is 0. The summed E-state index contributed by atoms with van der Waals surface area (Å²) < 4.78 is 1.16. The second-order valence-electron chi connectivity index (χ2n) is 4.33. The first-order valence-corrected chi connectivity index (χ1v) is 5.68. The lowest BCUT2D eigenvalue weighted by molar-refractivity contribution is -0.131. The molecule has 0 aromatic carbocycles. The minimum absolute atomic E-state index is 0.105. The molecule has 3 N–H and O–H groups in total. The fourth-order valence-electron chi connectivity index (χ4n) is 1.93. The van der Waals surface area contributed by atoms with Crippen LogP contribution in [0.3, 0.4) is 0 Å². The standard InChI is InChI=1S/C10H13N5O4/c11-9(17)6-1-2-14(3-6)8(16)5-15-4-7(10(18)19)12-13-15/h4,6H,1-3,5H2,(H2,11,17)(H,18,19). The van der Waals surface area contributed by atoms with Crippen molar-refractivity contribution in [3.05, 3.63) is 11.9 Å². The van der Waals surface area contributed by atoms with Gasteiger partial charge in [0.2, 0.25) is 11.8 Å². The van der Waals surface area contributed by atoms with Gasteiger partial charge in [0.05, 0.1) is 12.1 Å². The molecule has 0 aliphatic carbocycles. The lowest BCUT2D eigenvalue weighted by Gasteiger charge is -2.15. The molecule has 0 bridgehead atoms. The van der Waals surface area contributed by atoms with E-state index in [1.54, 1.807) is 0 Å². The van der Waals surface area contributed by atoms with Crippen LogP contribution < -0.4 is 5.73 Å². The van der Waals surface area contributed by atoms with Crippen molar-refractivity contribution in [2.24, 2.45) is 11.7 Å². The maximum atomic E-state index is 11.9. The number of aromatic nitrogens is 3. The molecule has 0 radical (unpaired) electrons. The smallest absolute Gasteiger partial charge is 0.358 e. The molecule has 102 valence electrons. The summed E-state index contributed by atoms with van der Waals surface area (Å²) in [4.78, 5) is 35.0. The molecule has 1 unspecified atom stereocenters.